The van der Waals surface area contributed by atoms with Crippen LogP contribution in [0.5, 0.6) is 5.75 Å². The van der Waals surface area contributed by atoms with Crippen LogP contribution in [0.1, 0.15) is 29.8 Å². The summed E-state index contributed by atoms with van der Waals surface area (Å²) in [7, 11) is 0. The van der Waals surface area contributed by atoms with Gasteiger partial charge in [0, 0.05) is 5.69 Å². The number of para-hydroxylation sites is 1. The molecule has 0 aliphatic rings. The molecule has 0 fully saturated rings. The van der Waals surface area contributed by atoms with Gasteiger partial charge >= 0.3 is 5.97 Å². The van der Waals surface area contributed by atoms with E-state index in [9.17, 15) is 9.59 Å². The second kappa shape index (κ2) is 8.53. The molecule has 0 aliphatic heterocycles. The van der Waals surface area contributed by atoms with Gasteiger partial charge in [0.05, 0.1) is 17.2 Å². The summed E-state index contributed by atoms with van der Waals surface area (Å²) in [6, 6.07) is 11.9. The van der Waals surface area contributed by atoms with Crippen molar-refractivity contribution >= 4 is 29.2 Å². The predicted octanol–water partition coefficient (Wildman–Crippen LogP) is 4.23. The minimum absolute atomic E-state index is 0.313. The summed E-state index contributed by atoms with van der Waals surface area (Å²) in [5.74, 6) is -0.257. The number of halogens is 1. The average Bonchev–Trinajstić information content (AvgIpc) is 2.58. The fraction of sp³-hybridized carbons (Fsp3) is 0.263. The molecule has 2 aromatic carbocycles. The van der Waals surface area contributed by atoms with E-state index in [4.69, 9.17) is 21.1 Å². The lowest BCUT2D eigenvalue weighted by Crippen LogP contribution is -2.30. The second-order valence-corrected chi connectivity index (χ2v) is 5.84. The number of hydrogen-bond donors (Lipinski definition) is 1. The molecule has 6 heteroatoms. The Bertz CT molecular complexity index is 776. The molecule has 2 aromatic rings. The number of hydrogen-bond acceptors (Lipinski definition) is 4. The highest BCUT2D eigenvalue weighted by Gasteiger charge is 2.17. The highest BCUT2D eigenvalue weighted by Crippen LogP contribution is 2.25. The largest absolute Gasteiger partial charge is 0.479 e. The molecular weight excluding hydrogens is 342 g/mol. The van der Waals surface area contributed by atoms with Gasteiger partial charge in [-0.25, -0.2) is 4.79 Å². The van der Waals surface area contributed by atoms with Crippen LogP contribution in [0.4, 0.5) is 5.69 Å². The first-order chi connectivity index (χ1) is 11.9. The summed E-state index contributed by atoms with van der Waals surface area (Å²) in [5.41, 5.74) is 1.80. The van der Waals surface area contributed by atoms with Crippen LogP contribution in [0, 0.1) is 6.92 Å². The Kier molecular flexibility index (Phi) is 6.42. The monoisotopic (exact) mass is 361 g/mol. The van der Waals surface area contributed by atoms with E-state index in [2.05, 4.69) is 5.32 Å². The topological polar surface area (TPSA) is 64.6 Å². The number of carbonyl (C=O) groups excluding carboxylic acids is 2. The van der Waals surface area contributed by atoms with Crippen molar-refractivity contribution in [3.05, 3.63) is 58.6 Å². The number of esters is 1. The molecule has 0 unspecified atom stereocenters. The van der Waals surface area contributed by atoms with Crippen molar-refractivity contribution in [2.75, 3.05) is 11.9 Å². The summed E-state index contributed by atoms with van der Waals surface area (Å²) in [5, 5.41) is 3.23. The van der Waals surface area contributed by atoms with Crippen LogP contribution in [0.25, 0.3) is 0 Å². The number of carbonyl (C=O) groups is 2. The number of amides is 1. The Morgan fingerprint density at radius 2 is 1.92 bits per heavy atom. The van der Waals surface area contributed by atoms with Gasteiger partial charge in [-0.15, -0.1) is 0 Å². The van der Waals surface area contributed by atoms with E-state index in [0.717, 1.165) is 5.56 Å². The minimum atomic E-state index is -0.732. The molecule has 2 rings (SSSR count). The minimum Gasteiger partial charge on any atom is -0.479 e. The van der Waals surface area contributed by atoms with Gasteiger partial charge in [-0.05, 0) is 56.7 Å². The SMILES string of the molecule is CCOC(=O)c1ccc(NC(=O)[C@@H](C)Oc2ccccc2Cl)c(C)c1. The zero-order valence-electron chi connectivity index (χ0n) is 14.3. The number of aryl methyl sites for hydroxylation is 1. The Morgan fingerprint density at radius 1 is 1.20 bits per heavy atom. The number of anilines is 1. The van der Waals surface area contributed by atoms with Gasteiger partial charge < -0.3 is 14.8 Å². The average molecular weight is 362 g/mol. The molecule has 0 saturated heterocycles. The number of ether oxygens (including phenoxy) is 2. The predicted molar refractivity (Wildman–Crippen MR) is 97.3 cm³/mol. The molecule has 1 atom stereocenters. The molecular formula is C19H20ClNO4. The fourth-order valence-electron chi connectivity index (χ4n) is 2.16. The number of nitrogens with one attached hydrogen (secondary N) is 1. The normalized spacial score (nSPS) is 11.5. The van der Waals surface area contributed by atoms with Crippen molar-refractivity contribution in [3.8, 4) is 5.75 Å². The first-order valence-corrected chi connectivity index (χ1v) is 8.30. The van der Waals surface area contributed by atoms with E-state index < -0.39 is 6.10 Å². The lowest BCUT2D eigenvalue weighted by Gasteiger charge is -2.16. The highest BCUT2D eigenvalue weighted by molar-refractivity contribution is 6.32. The summed E-state index contributed by atoms with van der Waals surface area (Å²) >= 11 is 6.03. The highest BCUT2D eigenvalue weighted by atomic mass is 35.5. The summed E-state index contributed by atoms with van der Waals surface area (Å²) in [4.78, 5) is 24.1. The van der Waals surface area contributed by atoms with Crippen LogP contribution >= 0.6 is 11.6 Å². The van der Waals surface area contributed by atoms with E-state index in [1.165, 1.54) is 0 Å². The van der Waals surface area contributed by atoms with E-state index in [-0.39, 0.29) is 11.9 Å². The standard InChI is InChI=1S/C19H20ClNO4/c1-4-24-19(23)14-9-10-16(12(2)11-14)21-18(22)13(3)25-17-8-6-5-7-15(17)20/h5-11,13H,4H2,1-3H3,(H,21,22)/t13-/m1/s1. The third kappa shape index (κ3) is 4.97. The smallest absolute Gasteiger partial charge is 0.338 e. The van der Waals surface area contributed by atoms with Crippen LogP contribution in [0.15, 0.2) is 42.5 Å². The Morgan fingerprint density at radius 3 is 2.56 bits per heavy atom. The van der Waals surface area contributed by atoms with Gasteiger partial charge in [0.25, 0.3) is 5.91 Å². The van der Waals surface area contributed by atoms with Crippen LogP contribution in [-0.2, 0) is 9.53 Å². The molecule has 25 heavy (non-hydrogen) atoms. The van der Waals surface area contributed by atoms with Crippen molar-refractivity contribution in [1.82, 2.24) is 0 Å². The molecule has 0 aliphatic carbocycles. The maximum atomic E-state index is 12.3. The molecule has 0 heterocycles. The molecule has 0 radical (unpaired) electrons. The molecule has 0 aromatic heterocycles. The zero-order valence-corrected chi connectivity index (χ0v) is 15.1. The fourth-order valence-corrected chi connectivity index (χ4v) is 2.34. The number of benzene rings is 2. The molecule has 132 valence electrons. The lowest BCUT2D eigenvalue weighted by molar-refractivity contribution is -0.122. The quantitative estimate of drug-likeness (QED) is 0.782. The maximum absolute atomic E-state index is 12.3. The van der Waals surface area contributed by atoms with Crippen molar-refractivity contribution in [2.24, 2.45) is 0 Å². The summed E-state index contributed by atoms with van der Waals surface area (Å²) < 4.78 is 10.6. The van der Waals surface area contributed by atoms with E-state index >= 15 is 0 Å². The lowest BCUT2D eigenvalue weighted by atomic mass is 10.1. The van der Waals surface area contributed by atoms with Crippen LogP contribution in [0.3, 0.4) is 0 Å². The van der Waals surface area contributed by atoms with Crippen molar-refractivity contribution in [2.45, 2.75) is 26.9 Å². The zero-order chi connectivity index (χ0) is 18.4. The van der Waals surface area contributed by atoms with Gasteiger partial charge in [0.15, 0.2) is 6.10 Å². The Labute approximate surface area is 151 Å². The maximum Gasteiger partial charge on any atom is 0.338 e. The molecule has 1 N–H and O–H groups in total. The van der Waals surface area contributed by atoms with Gasteiger partial charge in [-0.3, -0.25) is 4.79 Å². The van der Waals surface area contributed by atoms with Crippen molar-refractivity contribution in [1.29, 1.82) is 0 Å². The first-order valence-electron chi connectivity index (χ1n) is 7.92. The molecule has 1 amide bonds. The Hall–Kier alpha value is -2.53. The first kappa shape index (κ1) is 18.8. The summed E-state index contributed by atoms with van der Waals surface area (Å²) in [6.07, 6.45) is -0.732. The molecule has 0 bridgehead atoms. The van der Waals surface area contributed by atoms with Crippen molar-refractivity contribution in [3.63, 3.8) is 0 Å². The third-order valence-electron chi connectivity index (χ3n) is 3.51. The number of rotatable bonds is 6. The molecule has 5 nitrogen and oxygen atoms in total. The second-order valence-electron chi connectivity index (χ2n) is 5.43. The van der Waals surface area contributed by atoms with Crippen LogP contribution in [-0.4, -0.2) is 24.6 Å². The van der Waals surface area contributed by atoms with Gasteiger partial charge in [-0.2, -0.15) is 0 Å². The van der Waals surface area contributed by atoms with E-state index in [1.807, 2.05) is 0 Å². The third-order valence-corrected chi connectivity index (χ3v) is 3.82. The van der Waals surface area contributed by atoms with Crippen LogP contribution in [0.2, 0.25) is 5.02 Å². The molecule has 0 saturated carbocycles. The van der Waals surface area contributed by atoms with Gasteiger partial charge in [0.1, 0.15) is 5.75 Å². The van der Waals surface area contributed by atoms with Crippen molar-refractivity contribution < 1.29 is 19.1 Å². The van der Waals surface area contributed by atoms with Gasteiger partial charge in [-0.1, -0.05) is 23.7 Å². The van der Waals surface area contributed by atoms with E-state index in [1.54, 1.807) is 63.2 Å². The van der Waals surface area contributed by atoms with Gasteiger partial charge in [0.2, 0.25) is 0 Å². The Balaban J connectivity index is 2.04. The summed E-state index contributed by atoms with van der Waals surface area (Å²) in [6.45, 7) is 5.51. The van der Waals surface area contributed by atoms with Crippen LogP contribution < -0.4 is 10.1 Å². The van der Waals surface area contributed by atoms with E-state index in [0.29, 0.717) is 28.6 Å². The molecule has 0 spiro atoms.